The van der Waals surface area contributed by atoms with Gasteiger partial charge in [-0.25, -0.2) is 0 Å². The van der Waals surface area contributed by atoms with Crippen LogP contribution in [-0.2, 0) is 20.9 Å². The first-order valence-corrected chi connectivity index (χ1v) is 11.4. The zero-order valence-electron chi connectivity index (χ0n) is 18.7. The fourth-order valence-electron chi connectivity index (χ4n) is 4.18. The monoisotopic (exact) mass is 450 g/mol. The molecule has 0 unspecified atom stereocenters. The van der Waals surface area contributed by atoms with Crippen LogP contribution in [0.3, 0.4) is 0 Å². The topological polar surface area (TPSA) is 91.0 Å². The number of ether oxygens (including phenoxy) is 1. The number of hydrogen-bond acceptors (Lipinski definition) is 5. The summed E-state index contributed by atoms with van der Waals surface area (Å²) in [6.45, 7) is 5.30. The molecule has 1 atom stereocenters. The summed E-state index contributed by atoms with van der Waals surface area (Å²) >= 11 is 0. The third-order valence-corrected chi connectivity index (χ3v) is 6.05. The van der Waals surface area contributed by atoms with Gasteiger partial charge in [-0.05, 0) is 17.7 Å². The van der Waals surface area contributed by atoms with Crippen LogP contribution in [0, 0.1) is 5.92 Å². The van der Waals surface area contributed by atoms with E-state index in [4.69, 9.17) is 4.74 Å². The van der Waals surface area contributed by atoms with Crippen molar-refractivity contribution in [1.82, 2.24) is 15.1 Å². The van der Waals surface area contributed by atoms with E-state index in [1.165, 1.54) is 0 Å². The van der Waals surface area contributed by atoms with Crippen LogP contribution in [0.4, 0.5) is 5.69 Å². The van der Waals surface area contributed by atoms with Gasteiger partial charge in [0.25, 0.3) is 5.91 Å². The maximum Gasteiger partial charge on any atom is 0.253 e. The van der Waals surface area contributed by atoms with E-state index in [0.717, 1.165) is 38.4 Å². The van der Waals surface area contributed by atoms with Crippen LogP contribution in [-0.4, -0.2) is 73.5 Å². The highest BCUT2D eigenvalue weighted by molar-refractivity contribution is 6.05. The zero-order valence-corrected chi connectivity index (χ0v) is 18.7. The molecule has 2 aromatic carbocycles. The molecule has 2 aromatic rings. The minimum atomic E-state index is -0.446. The van der Waals surface area contributed by atoms with Crippen LogP contribution >= 0.6 is 0 Å². The first-order chi connectivity index (χ1) is 16.1. The fourth-order valence-corrected chi connectivity index (χ4v) is 4.18. The first-order valence-electron chi connectivity index (χ1n) is 11.4. The van der Waals surface area contributed by atoms with Gasteiger partial charge in [0.1, 0.15) is 0 Å². The van der Waals surface area contributed by atoms with Crippen LogP contribution < -0.4 is 10.6 Å². The Morgan fingerprint density at radius 2 is 1.73 bits per heavy atom. The minimum Gasteiger partial charge on any atom is -0.379 e. The highest BCUT2D eigenvalue weighted by Gasteiger charge is 2.34. The third kappa shape index (κ3) is 6.18. The number of carbonyl (C=O) groups is 3. The van der Waals surface area contributed by atoms with Gasteiger partial charge in [-0.3, -0.25) is 19.3 Å². The predicted molar refractivity (Wildman–Crippen MR) is 125 cm³/mol. The highest BCUT2D eigenvalue weighted by Crippen LogP contribution is 2.23. The van der Waals surface area contributed by atoms with Crippen LogP contribution in [0.1, 0.15) is 22.3 Å². The molecule has 3 amide bonds. The van der Waals surface area contributed by atoms with Crippen molar-refractivity contribution < 1.29 is 19.1 Å². The number of para-hydroxylation sites is 1. The van der Waals surface area contributed by atoms with Crippen molar-refractivity contribution in [3.63, 3.8) is 0 Å². The van der Waals surface area contributed by atoms with Crippen molar-refractivity contribution in [1.29, 1.82) is 0 Å². The van der Waals surface area contributed by atoms with E-state index in [-0.39, 0.29) is 24.1 Å². The molecule has 8 heteroatoms. The van der Waals surface area contributed by atoms with E-state index in [2.05, 4.69) is 15.5 Å². The average molecular weight is 451 g/mol. The predicted octanol–water partition coefficient (Wildman–Crippen LogP) is 1.74. The maximum absolute atomic E-state index is 12.9. The van der Waals surface area contributed by atoms with Gasteiger partial charge in [0.15, 0.2) is 0 Å². The summed E-state index contributed by atoms with van der Waals surface area (Å²) in [5.74, 6) is -0.952. The van der Waals surface area contributed by atoms with E-state index < -0.39 is 5.92 Å². The molecular formula is C25H30N4O4. The molecule has 4 rings (SSSR count). The fraction of sp³-hybridized carbons (Fsp3) is 0.400. The molecule has 0 saturated carbocycles. The first kappa shape index (κ1) is 22.9. The maximum atomic E-state index is 12.9. The van der Waals surface area contributed by atoms with Crippen molar-refractivity contribution in [2.75, 3.05) is 51.3 Å². The van der Waals surface area contributed by atoms with Crippen molar-refractivity contribution in [2.45, 2.75) is 13.0 Å². The number of carbonyl (C=O) groups excluding carboxylic acids is 3. The minimum absolute atomic E-state index is 0.0341. The summed E-state index contributed by atoms with van der Waals surface area (Å²) in [6.07, 6.45) is 0.173. The summed E-state index contributed by atoms with van der Waals surface area (Å²) in [6, 6.07) is 16.7. The summed E-state index contributed by atoms with van der Waals surface area (Å²) in [4.78, 5) is 42.1. The van der Waals surface area contributed by atoms with Crippen LogP contribution in [0.2, 0.25) is 0 Å². The second kappa shape index (κ2) is 11.1. The lowest BCUT2D eigenvalue weighted by atomic mass is 10.1. The lowest BCUT2D eigenvalue weighted by Crippen LogP contribution is -2.41. The molecule has 2 fully saturated rings. The van der Waals surface area contributed by atoms with Gasteiger partial charge < -0.3 is 20.3 Å². The van der Waals surface area contributed by atoms with Crippen molar-refractivity contribution >= 4 is 23.4 Å². The van der Waals surface area contributed by atoms with Crippen LogP contribution in [0.5, 0.6) is 0 Å². The lowest BCUT2D eigenvalue weighted by molar-refractivity contribution is -0.128. The molecule has 2 N–H and O–H groups in total. The number of likely N-dealkylation sites (tertiary alicyclic amines) is 1. The molecule has 2 aliphatic rings. The molecule has 8 nitrogen and oxygen atoms in total. The molecule has 2 heterocycles. The number of amides is 3. The Kier molecular flexibility index (Phi) is 7.70. The molecule has 0 bridgehead atoms. The molecule has 0 aliphatic carbocycles. The molecule has 0 radical (unpaired) electrons. The Labute approximate surface area is 193 Å². The normalized spacial score (nSPS) is 18.8. The van der Waals surface area contributed by atoms with Crippen LogP contribution in [0.25, 0.3) is 0 Å². The van der Waals surface area contributed by atoms with Crippen molar-refractivity contribution in [3.05, 3.63) is 65.7 Å². The Bertz CT molecular complexity index is 975. The Balaban J connectivity index is 1.31. The Morgan fingerprint density at radius 3 is 2.52 bits per heavy atom. The number of nitrogens with zero attached hydrogens (tertiary/aromatic N) is 2. The molecular weight excluding hydrogens is 420 g/mol. The van der Waals surface area contributed by atoms with Crippen LogP contribution in [0.15, 0.2) is 54.6 Å². The van der Waals surface area contributed by atoms with E-state index in [0.29, 0.717) is 30.9 Å². The lowest BCUT2D eigenvalue weighted by Gasteiger charge is -2.26. The molecule has 33 heavy (non-hydrogen) atoms. The smallest absolute Gasteiger partial charge is 0.253 e. The zero-order chi connectivity index (χ0) is 23.0. The SMILES string of the molecule is O=C(NCCN1CCOCC1)c1ccccc1NC(=O)[C@@H]1CC(=O)N(Cc2ccccc2)C1. The number of hydrogen-bond donors (Lipinski definition) is 2. The number of morpholine rings is 1. The molecule has 0 aromatic heterocycles. The second-order valence-electron chi connectivity index (χ2n) is 8.41. The van der Waals surface area contributed by atoms with E-state index in [9.17, 15) is 14.4 Å². The summed E-state index contributed by atoms with van der Waals surface area (Å²) in [5, 5.41) is 5.81. The Morgan fingerprint density at radius 1 is 1.00 bits per heavy atom. The molecule has 2 aliphatic heterocycles. The van der Waals surface area contributed by atoms with Gasteiger partial charge in [0.05, 0.1) is 30.4 Å². The number of nitrogens with one attached hydrogen (secondary N) is 2. The van der Waals surface area contributed by atoms with Gasteiger partial charge in [0, 0.05) is 45.7 Å². The number of anilines is 1. The standard InChI is InChI=1S/C25H30N4O4/c30-23-16-20(18-29(23)17-19-6-2-1-3-7-19)24(31)27-22-9-5-4-8-21(22)25(32)26-10-11-28-12-14-33-15-13-28/h1-9,20H,10-18H2,(H,26,32)(H,27,31)/t20-/m1/s1. The van der Waals surface area contributed by atoms with E-state index in [1.54, 1.807) is 29.2 Å². The van der Waals surface area contributed by atoms with Crippen molar-refractivity contribution in [3.8, 4) is 0 Å². The van der Waals surface area contributed by atoms with E-state index >= 15 is 0 Å². The molecule has 174 valence electrons. The highest BCUT2D eigenvalue weighted by atomic mass is 16.5. The second-order valence-corrected chi connectivity index (χ2v) is 8.41. The molecule has 2 saturated heterocycles. The van der Waals surface area contributed by atoms with Gasteiger partial charge in [0.2, 0.25) is 11.8 Å². The third-order valence-electron chi connectivity index (χ3n) is 6.05. The van der Waals surface area contributed by atoms with Gasteiger partial charge in [-0.1, -0.05) is 42.5 Å². The summed E-state index contributed by atoms with van der Waals surface area (Å²) in [5.41, 5.74) is 1.91. The number of rotatable bonds is 8. The summed E-state index contributed by atoms with van der Waals surface area (Å²) in [7, 11) is 0. The molecule has 0 spiro atoms. The quantitative estimate of drug-likeness (QED) is 0.639. The largest absolute Gasteiger partial charge is 0.379 e. The van der Waals surface area contributed by atoms with Gasteiger partial charge in [-0.15, -0.1) is 0 Å². The van der Waals surface area contributed by atoms with E-state index in [1.807, 2.05) is 30.3 Å². The Hall–Kier alpha value is -3.23. The average Bonchev–Trinajstić information content (AvgIpc) is 3.21. The number of benzene rings is 2. The van der Waals surface area contributed by atoms with Gasteiger partial charge in [-0.2, -0.15) is 0 Å². The van der Waals surface area contributed by atoms with Gasteiger partial charge >= 0.3 is 0 Å². The van der Waals surface area contributed by atoms with Crippen molar-refractivity contribution in [2.24, 2.45) is 5.92 Å². The summed E-state index contributed by atoms with van der Waals surface area (Å²) < 4.78 is 5.34.